The largest absolute Gasteiger partial charge is 0.396 e. The second-order valence-electron chi connectivity index (χ2n) is 2.98. The number of nitrogens with one attached hydrogen (secondary N) is 1. The van der Waals surface area contributed by atoms with Crippen LogP contribution in [0.1, 0.15) is 32.6 Å². The van der Waals surface area contributed by atoms with Gasteiger partial charge in [0.25, 0.3) is 0 Å². The van der Waals surface area contributed by atoms with E-state index in [1.165, 1.54) is 0 Å². The lowest BCUT2D eigenvalue weighted by Crippen LogP contribution is -2.32. The Morgan fingerprint density at radius 3 is 2.77 bits per heavy atom. The van der Waals surface area contributed by atoms with Crippen LogP contribution >= 0.6 is 0 Å². The van der Waals surface area contributed by atoms with Crippen molar-refractivity contribution >= 4 is 5.96 Å². The minimum atomic E-state index is 0.277. The molecular weight excluding hydrogens is 166 g/mol. The lowest BCUT2D eigenvalue weighted by atomic mass is 10.2. The second kappa shape index (κ2) is 9.32. The van der Waals surface area contributed by atoms with Crippen LogP contribution in [-0.2, 0) is 0 Å². The van der Waals surface area contributed by atoms with Crippen LogP contribution in [-0.4, -0.2) is 30.8 Å². The summed E-state index contributed by atoms with van der Waals surface area (Å²) in [5.41, 5.74) is 5.56. The van der Waals surface area contributed by atoms with Crippen LogP contribution in [0, 0.1) is 0 Å². The monoisotopic (exact) mass is 187 g/mol. The molecule has 0 saturated carbocycles. The zero-order valence-corrected chi connectivity index (χ0v) is 8.42. The standard InChI is InChI=1S/C9H21N3O/c1-2-6-11-9(10)12-7-4-3-5-8-13/h13H,2-8H2,1H3,(H3,10,11,12). The Morgan fingerprint density at radius 1 is 1.38 bits per heavy atom. The fraction of sp³-hybridized carbons (Fsp3) is 0.889. The van der Waals surface area contributed by atoms with E-state index < -0.39 is 0 Å². The van der Waals surface area contributed by atoms with E-state index in [1.807, 2.05) is 0 Å². The van der Waals surface area contributed by atoms with Crippen molar-refractivity contribution in [2.45, 2.75) is 32.6 Å². The zero-order valence-electron chi connectivity index (χ0n) is 8.42. The number of aliphatic imine (C=N–C) groups is 1. The summed E-state index contributed by atoms with van der Waals surface area (Å²) < 4.78 is 0. The quantitative estimate of drug-likeness (QED) is 0.308. The first-order chi connectivity index (χ1) is 6.31. The van der Waals surface area contributed by atoms with E-state index in [0.717, 1.165) is 38.8 Å². The smallest absolute Gasteiger partial charge is 0.188 e. The highest BCUT2D eigenvalue weighted by Crippen LogP contribution is 1.91. The highest BCUT2D eigenvalue weighted by molar-refractivity contribution is 5.77. The van der Waals surface area contributed by atoms with Gasteiger partial charge in [0.05, 0.1) is 0 Å². The molecule has 0 heterocycles. The summed E-state index contributed by atoms with van der Waals surface area (Å²) in [7, 11) is 0. The molecule has 0 aliphatic rings. The third-order valence-electron chi connectivity index (χ3n) is 1.65. The van der Waals surface area contributed by atoms with Gasteiger partial charge in [0.15, 0.2) is 5.96 Å². The third kappa shape index (κ3) is 9.14. The summed E-state index contributed by atoms with van der Waals surface area (Å²) in [5.74, 6) is 0.533. The molecule has 0 aromatic carbocycles. The van der Waals surface area contributed by atoms with Crippen molar-refractivity contribution in [1.29, 1.82) is 0 Å². The normalized spacial score (nSPS) is 11.7. The highest BCUT2D eigenvalue weighted by Gasteiger charge is 1.90. The molecule has 0 saturated heterocycles. The van der Waals surface area contributed by atoms with E-state index in [2.05, 4.69) is 17.2 Å². The van der Waals surface area contributed by atoms with Gasteiger partial charge in [-0.05, 0) is 25.7 Å². The summed E-state index contributed by atoms with van der Waals surface area (Å²) in [6, 6.07) is 0. The Morgan fingerprint density at radius 2 is 2.15 bits per heavy atom. The first-order valence-corrected chi connectivity index (χ1v) is 4.96. The lowest BCUT2D eigenvalue weighted by molar-refractivity contribution is 0.283. The SMILES string of the molecule is CCCN=C(N)NCCCCCO. The molecule has 0 atom stereocenters. The van der Waals surface area contributed by atoms with Gasteiger partial charge in [0.2, 0.25) is 0 Å². The number of guanidine groups is 1. The molecule has 0 unspecified atom stereocenters. The number of hydrogen-bond donors (Lipinski definition) is 3. The van der Waals surface area contributed by atoms with Crippen molar-refractivity contribution in [1.82, 2.24) is 5.32 Å². The fourth-order valence-corrected chi connectivity index (χ4v) is 0.918. The van der Waals surface area contributed by atoms with Crippen LogP contribution in [0.25, 0.3) is 0 Å². The van der Waals surface area contributed by atoms with Crippen molar-refractivity contribution in [2.75, 3.05) is 19.7 Å². The first kappa shape index (κ1) is 12.2. The topological polar surface area (TPSA) is 70.6 Å². The summed E-state index contributed by atoms with van der Waals surface area (Å²) >= 11 is 0. The molecule has 0 amide bonds. The van der Waals surface area contributed by atoms with Gasteiger partial charge >= 0.3 is 0 Å². The number of hydrogen-bond acceptors (Lipinski definition) is 2. The second-order valence-corrected chi connectivity index (χ2v) is 2.98. The van der Waals surface area contributed by atoms with Gasteiger partial charge in [-0.3, -0.25) is 4.99 Å². The van der Waals surface area contributed by atoms with Crippen LogP contribution in [0.15, 0.2) is 4.99 Å². The molecule has 0 rings (SSSR count). The van der Waals surface area contributed by atoms with Crippen molar-refractivity contribution in [3.63, 3.8) is 0 Å². The Labute approximate surface area is 80.2 Å². The average Bonchev–Trinajstić information content (AvgIpc) is 2.14. The third-order valence-corrected chi connectivity index (χ3v) is 1.65. The van der Waals surface area contributed by atoms with Crippen LogP contribution in [0.3, 0.4) is 0 Å². The predicted molar refractivity (Wildman–Crippen MR) is 55.7 cm³/mol. The number of nitrogens with zero attached hydrogens (tertiary/aromatic N) is 1. The van der Waals surface area contributed by atoms with E-state index >= 15 is 0 Å². The molecule has 0 radical (unpaired) electrons. The van der Waals surface area contributed by atoms with Crippen LogP contribution in [0.4, 0.5) is 0 Å². The van der Waals surface area contributed by atoms with Crippen molar-refractivity contribution in [3.8, 4) is 0 Å². The maximum atomic E-state index is 8.52. The number of nitrogens with two attached hydrogens (primary N) is 1. The molecule has 4 heteroatoms. The summed E-state index contributed by atoms with van der Waals surface area (Å²) in [6.45, 7) is 3.98. The molecule has 4 nitrogen and oxygen atoms in total. The first-order valence-electron chi connectivity index (χ1n) is 4.96. The van der Waals surface area contributed by atoms with E-state index in [1.54, 1.807) is 0 Å². The molecule has 0 aromatic heterocycles. The zero-order chi connectivity index (χ0) is 9.94. The van der Waals surface area contributed by atoms with Crippen molar-refractivity contribution < 1.29 is 5.11 Å². The summed E-state index contributed by atoms with van der Waals surface area (Å²) in [5, 5.41) is 11.5. The van der Waals surface area contributed by atoms with Gasteiger partial charge < -0.3 is 16.2 Å². The van der Waals surface area contributed by atoms with Crippen molar-refractivity contribution in [2.24, 2.45) is 10.7 Å². The fourth-order valence-electron chi connectivity index (χ4n) is 0.918. The van der Waals surface area contributed by atoms with E-state index in [4.69, 9.17) is 10.8 Å². The van der Waals surface area contributed by atoms with Gasteiger partial charge in [-0.2, -0.15) is 0 Å². The van der Waals surface area contributed by atoms with Gasteiger partial charge in [0, 0.05) is 19.7 Å². The minimum absolute atomic E-state index is 0.277. The van der Waals surface area contributed by atoms with Gasteiger partial charge in [-0.15, -0.1) is 0 Å². The molecule has 13 heavy (non-hydrogen) atoms. The molecular formula is C9H21N3O. The molecule has 4 N–H and O–H groups in total. The maximum Gasteiger partial charge on any atom is 0.188 e. The Kier molecular flexibility index (Phi) is 8.77. The Bertz CT molecular complexity index is 137. The van der Waals surface area contributed by atoms with E-state index in [-0.39, 0.29) is 6.61 Å². The Hall–Kier alpha value is -0.770. The van der Waals surface area contributed by atoms with Crippen LogP contribution in [0.2, 0.25) is 0 Å². The summed E-state index contributed by atoms with van der Waals surface area (Å²) in [6.07, 6.45) is 3.95. The molecule has 0 aliphatic carbocycles. The van der Waals surface area contributed by atoms with Crippen molar-refractivity contribution in [3.05, 3.63) is 0 Å². The molecule has 0 aliphatic heterocycles. The highest BCUT2D eigenvalue weighted by atomic mass is 16.2. The molecule has 78 valence electrons. The van der Waals surface area contributed by atoms with Gasteiger partial charge in [0.1, 0.15) is 0 Å². The molecule has 0 aromatic rings. The Balaban J connectivity index is 3.21. The number of aliphatic hydroxyl groups is 1. The van der Waals surface area contributed by atoms with E-state index in [0.29, 0.717) is 5.96 Å². The van der Waals surface area contributed by atoms with Crippen LogP contribution in [0.5, 0.6) is 0 Å². The lowest BCUT2D eigenvalue weighted by Gasteiger charge is -2.04. The van der Waals surface area contributed by atoms with Gasteiger partial charge in [-0.25, -0.2) is 0 Å². The number of rotatable bonds is 7. The average molecular weight is 187 g/mol. The maximum absolute atomic E-state index is 8.52. The molecule has 0 bridgehead atoms. The predicted octanol–water partition coefficient (Wildman–Crippen LogP) is 0.463. The number of unbranched alkanes of at least 4 members (excludes halogenated alkanes) is 2. The molecule has 0 fully saturated rings. The minimum Gasteiger partial charge on any atom is -0.396 e. The summed E-state index contributed by atoms with van der Waals surface area (Å²) in [4.78, 5) is 4.09. The molecule has 0 spiro atoms. The van der Waals surface area contributed by atoms with E-state index in [9.17, 15) is 0 Å². The van der Waals surface area contributed by atoms with Crippen LogP contribution < -0.4 is 11.1 Å². The van der Waals surface area contributed by atoms with Gasteiger partial charge in [-0.1, -0.05) is 6.92 Å². The number of aliphatic hydroxyl groups excluding tert-OH is 1.